The quantitative estimate of drug-likeness (QED) is 0.912. The van der Waals surface area contributed by atoms with Crippen LogP contribution in [-0.2, 0) is 0 Å². The van der Waals surface area contributed by atoms with Crippen molar-refractivity contribution in [2.75, 3.05) is 7.05 Å². The van der Waals surface area contributed by atoms with Crippen LogP contribution in [0.25, 0.3) is 0 Å². The zero-order valence-electron chi connectivity index (χ0n) is 12.9. The van der Waals surface area contributed by atoms with E-state index in [9.17, 15) is 4.39 Å². The Hall–Kier alpha value is -1.94. The summed E-state index contributed by atoms with van der Waals surface area (Å²) in [6, 6.07) is 6.76. The second-order valence-corrected chi connectivity index (χ2v) is 5.37. The average molecular weight is 288 g/mol. The molecule has 0 amide bonds. The third-order valence-electron chi connectivity index (χ3n) is 3.19. The molecule has 1 unspecified atom stereocenters. The van der Waals surface area contributed by atoms with E-state index in [4.69, 9.17) is 4.74 Å². The molecule has 0 bridgehead atoms. The minimum atomic E-state index is -0.256. The van der Waals surface area contributed by atoms with Crippen LogP contribution in [0.1, 0.15) is 36.6 Å². The highest BCUT2D eigenvalue weighted by atomic mass is 19.1. The molecule has 2 aromatic rings. The van der Waals surface area contributed by atoms with Crippen LogP contribution in [0.5, 0.6) is 5.75 Å². The lowest BCUT2D eigenvalue weighted by Gasteiger charge is -2.19. The van der Waals surface area contributed by atoms with Gasteiger partial charge in [0.25, 0.3) is 0 Å². The Bertz CT molecular complexity index is 613. The van der Waals surface area contributed by atoms with Gasteiger partial charge < -0.3 is 10.1 Å². The summed E-state index contributed by atoms with van der Waals surface area (Å²) in [6.07, 6.45) is 3.48. The van der Waals surface area contributed by atoms with Gasteiger partial charge in [-0.2, -0.15) is 0 Å². The number of halogens is 1. The van der Waals surface area contributed by atoms with E-state index in [1.807, 2.05) is 40.0 Å². The fraction of sp³-hybridized carbons (Fsp3) is 0.353. The van der Waals surface area contributed by atoms with Crippen molar-refractivity contribution in [1.29, 1.82) is 0 Å². The van der Waals surface area contributed by atoms with Crippen molar-refractivity contribution in [3.05, 3.63) is 59.2 Å². The Morgan fingerprint density at radius 2 is 1.95 bits per heavy atom. The molecule has 1 heterocycles. The smallest absolute Gasteiger partial charge is 0.138 e. The van der Waals surface area contributed by atoms with Gasteiger partial charge in [0, 0.05) is 11.8 Å². The molecule has 2 rings (SSSR count). The molecule has 112 valence electrons. The molecule has 0 radical (unpaired) electrons. The number of aromatic nitrogens is 1. The Labute approximate surface area is 125 Å². The molecular formula is C17H21FN2O. The molecule has 21 heavy (non-hydrogen) atoms. The van der Waals surface area contributed by atoms with Gasteiger partial charge in [0.05, 0.1) is 18.3 Å². The second-order valence-electron chi connectivity index (χ2n) is 5.37. The van der Waals surface area contributed by atoms with Crippen molar-refractivity contribution in [2.45, 2.75) is 32.9 Å². The van der Waals surface area contributed by atoms with Crippen molar-refractivity contribution in [1.82, 2.24) is 10.3 Å². The molecule has 4 heteroatoms. The summed E-state index contributed by atoms with van der Waals surface area (Å²) in [4.78, 5) is 4.20. The highest BCUT2D eigenvalue weighted by molar-refractivity contribution is 5.36. The zero-order chi connectivity index (χ0) is 15.4. The molecule has 0 saturated carbocycles. The van der Waals surface area contributed by atoms with Crippen molar-refractivity contribution in [3.8, 4) is 5.75 Å². The number of ether oxygens (including phenoxy) is 1. The maximum absolute atomic E-state index is 14.1. The number of hydrogen-bond acceptors (Lipinski definition) is 3. The van der Waals surface area contributed by atoms with Crippen LogP contribution in [0.3, 0.4) is 0 Å². The van der Waals surface area contributed by atoms with Gasteiger partial charge in [-0.05, 0) is 45.5 Å². The summed E-state index contributed by atoms with van der Waals surface area (Å²) in [5.41, 5.74) is 2.51. The van der Waals surface area contributed by atoms with Gasteiger partial charge in [-0.25, -0.2) is 4.39 Å². The summed E-state index contributed by atoms with van der Waals surface area (Å²) in [5.74, 6) is 0.464. The van der Waals surface area contributed by atoms with Crippen LogP contribution < -0.4 is 10.1 Å². The first kappa shape index (κ1) is 15.4. The molecule has 1 aromatic carbocycles. The van der Waals surface area contributed by atoms with E-state index in [-0.39, 0.29) is 18.0 Å². The summed E-state index contributed by atoms with van der Waals surface area (Å²) in [5, 5.41) is 3.15. The van der Waals surface area contributed by atoms with Gasteiger partial charge in [0.2, 0.25) is 0 Å². The van der Waals surface area contributed by atoms with Crippen molar-refractivity contribution in [2.24, 2.45) is 0 Å². The number of benzene rings is 1. The number of aryl methyl sites for hydroxylation is 1. The summed E-state index contributed by atoms with van der Waals surface area (Å²) < 4.78 is 19.8. The maximum Gasteiger partial charge on any atom is 0.138 e. The summed E-state index contributed by atoms with van der Waals surface area (Å²) in [7, 11) is 1.81. The highest BCUT2D eigenvalue weighted by Gasteiger charge is 2.17. The zero-order valence-corrected chi connectivity index (χ0v) is 12.9. The predicted molar refractivity (Wildman–Crippen MR) is 82.0 cm³/mol. The molecule has 3 nitrogen and oxygen atoms in total. The Morgan fingerprint density at radius 3 is 2.62 bits per heavy atom. The van der Waals surface area contributed by atoms with Crippen molar-refractivity contribution >= 4 is 0 Å². The monoisotopic (exact) mass is 288 g/mol. The second kappa shape index (κ2) is 6.68. The number of nitrogens with zero attached hydrogens (tertiary/aromatic N) is 1. The third kappa shape index (κ3) is 3.79. The molecule has 0 aliphatic carbocycles. The lowest BCUT2D eigenvalue weighted by molar-refractivity contribution is 0.241. The van der Waals surface area contributed by atoms with Gasteiger partial charge in [0.15, 0.2) is 0 Å². The third-order valence-corrected chi connectivity index (χ3v) is 3.19. The van der Waals surface area contributed by atoms with E-state index in [1.165, 1.54) is 6.07 Å². The largest absolute Gasteiger partial charge is 0.489 e. The first-order chi connectivity index (χ1) is 10.0. The van der Waals surface area contributed by atoms with E-state index >= 15 is 0 Å². The fourth-order valence-electron chi connectivity index (χ4n) is 2.32. The molecule has 0 saturated heterocycles. The highest BCUT2D eigenvalue weighted by Crippen LogP contribution is 2.27. The average Bonchev–Trinajstić information content (AvgIpc) is 2.43. The Kier molecular flexibility index (Phi) is 4.91. The van der Waals surface area contributed by atoms with Gasteiger partial charge in [-0.15, -0.1) is 0 Å². The van der Waals surface area contributed by atoms with Crippen LogP contribution >= 0.6 is 0 Å². The minimum Gasteiger partial charge on any atom is -0.489 e. The first-order valence-corrected chi connectivity index (χ1v) is 7.06. The van der Waals surface area contributed by atoms with Gasteiger partial charge in [0.1, 0.15) is 11.6 Å². The number of hydrogen-bond donors (Lipinski definition) is 1. The summed E-state index contributed by atoms with van der Waals surface area (Å²) in [6.45, 7) is 5.87. The number of nitrogens with one attached hydrogen (secondary N) is 1. The normalized spacial score (nSPS) is 12.5. The molecule has 0 fully saturated rings. The molecule has 0 aliphatic rings. The van der Waals surface area contributed by atoms with Gasteiger partial charge in [-0.1, -0.05) is 17.7 Å². The maximum atomic E-state index is 14.1. The van der Waals surface area contributed by atoms with Crippen molar-refractivity contribution in [3.63, 3.8) is 0 Å². The van der Waals surface area contributed by atoms with Crippen LogP contribution in [0.4, 0.5) is 4.39 Å². The SMILES string of the molecule is CNC(c1cncc(OC(C)C)c1)c1cc(C)ccc1F. The van der Waals surface area contributed by atoms with Gasteiger partial charge >= 0.3 is 0 Å². The van der Waals surface area contributed by atoms with Crippen LogP contribution in [0, 0.1) is 12.7 Å². The Balaban J connectivity index is 2.39. The molecular weight excluding hydrogens is 267 g/mol. The topological polar surface area (TPSA) is 34.2 Å². The predicted octanol–water partition coefficient (Wildman–Crippen LogP) is 3.63. The number of rotatable bonds is 5. The number of pyridine rings is 1. The van der Waals surface area contributed by atoms with E-state index in [1.54, 1.807) is 18.5 Å². The minimum absolute atomic E-state index is 0.0748. The Morgan fingerprint density at radius 1 is 1.19 bits per heavy atom. The molecule has 1 atom stereocenters. The van der Waals surface area contributed by atoms with Crippen LogP contribution in [-0.4, -0.2) is 18.1 Å². The van der Waals surface area contributed by atoms with Crippen LogP contribution in [0.15, 0.2) is 36.7 Å². The summed E-state index contributed by atoms with van der Waals surface area (Å²) >= 11 is 0. The lowest BCUT2D eigenvalue weighted by Crippen LogP contribution is -2.19. The van der Waals surface area contributed by atoms with E-state index < -0.39 is 0 Å². The van der Waals surface area contributed by atoms with Crippen molar-refractivity contribution < 1.29 is 9.13 Å². The first-order valence-electron chi connectivity index (χ1n) is 7.06. The van der Waals surface area contributed by atoms with E-state index in [2.05, 4.69) is 10.3 Å². The molecule has 0 aliphatic heterocycles. The van der Waals surface area contributed by atoms with E-state index in [0.29, 0.717) is 11.3 Å². The van der Waals surface area contributed by atoms with Gasteiger partial charge in [-0.3, -0.25) is 4.98 Å². The molecule has 1 N–H and O–H groups in total. The fourth-order valence-corrected chi connectivity index (χ4v) is 2.32. The van der Waals surface area contributed by atoms with Crippen LogP contribution in [0.2, 0.25) is 0 Å². The lowest BCUT2D eigenvalue weighted by atomic mass is 9.98. The standard InChI is InChI=1S/C17H21FN2O/c1-11(2)21-14-8-13(9-20-10-14)17(19-4)15-7-12(3)5-6-16(15)18/h5-11,17,19H,1-4H3. The molecule has 1 aromatic heterocycles. The molecule has 0 spiro atoms. The van der Waals surface area contributed by atoms with E-state index in [0.717, 1.165) is 11.1 Å².